The summed E-state index contributed by atoms with van der Waals surface area (Å²) in [6.45, 7) is 4.51. The molecule has 0 saturated carbocycles. The molecule has 2 heterocycles. The molecule has 0 bridgehead atoms. The molecule has 3 aromatic rings. The molecule has 28 heavy (non-hydrogen) atoms. The zero-order valence-electron chi connectivity index (χ0n) is 15.6. The first-order valence-electron chi connectivity index (χ1n) is 9.63. The number of imidazole rings is 1. The number of nitrogens with one attached hydrogen (secondary N) is 1. The maximum absolute atomic E-state index is 12.9. The van der Waals surface area contributed by atoms with E-state index in [2.05, 4.69) is 10.6 Å². The Morgan fingerprint density at radius 1 is 1.11 bits per heavy atom. The van der Waals surface area contributed by atoms with E-state index in [0.717, 1.165) is 24.1 Å². The number of nitrogens with two attached hydrogens (primary N) is 1. The van der Waals surface area contributed by atoms with Crippen LogP contribution in [0.15, 0.2) is 42.5 Å². The Morgan fingerprint density at radius 3 is 2.61 bits per heavy atom. The van der Waals surface area contributed by atoms with Gasteiger partial charge in [-0.3, -0.25) is 10.5 Å². The number of ketones is 1. The molecular weight excluding hydrogens is 395 g/mol. The van der Waals surface area contributed by atoms with Crippen LogP contribution in [0.25, 0.3) is 11.0 Å². The topological polar surface area (TPSA) is 56.3 Å². The van der Waals surface area contributed by atoms with Crippen LogP contribution < -0.4 is 15.2 Å². The minimum atomic E-state index is -0.0525. The summed E-state index contributed by atoms with van der Waals surface area (Å²) >= 11 is 12.0. The van der Waals surface area contributed by atoms with Gasteiger partial charge in [0.2, 0.25) is 0 Å². The van der Waals surface area contributed by atoms with Gasteiger partial charge in [0.15, 0.2) is 5.78 Å². The van der Waals surface area contributed by atoms with Crippen molar-refractivity contribution in [3.05, 3.63) is 58.1 Å². The van der Waals surface area contributed by atoms with E-state index in [1.54, 1.807) is 23.1 Å². The van der Waals surface area contributed by atoms with Crippen LogP contribution in [-0.4, -0.2) is 30.0 Å². The van der Waals surface area contributed by atoms with E-state index in [1.165, 1.54) is 25.9 Å². The number of Topliss-reactive ketones (excluding diaryl/α,β-unsaturated/α-hetero) is 1. The highest BCUT2D eigenvalue weighted by atomic mass is 35.5. The van der Waals surface area contributed by atoms with Crippen LogP contribution in [0.2, 0.25) is 10.0 Å². The zero-order valence-corrected chi connectivity index (χ0v) is 17.1. The Hall–Kier alpha value is -2.08. The van der Waals surface area contributed by atoms with Crippen molar-refractivity contribution in [3.8, 4) is 0 Å². The number of halogens is 2. The molecule has 5 nitrogen and oxygen atoms in total. The molecule has 0 atom stereocenters. The molecule has 1 fully saturated rings. The van der Waals surface area contributed by atoms with Crippen LogP contribution in [0.5, 0.6) is 0 Å². The number of aromatic nitrogens is 2. The number of hydrogen-bond acceptors (Lipinski definition) is 2. The van der Waals surface area contributed by atoms with Crippen molar-refractivity contribution >= 4 is 46.0 Å². The van der Waals surface area contributed by atoms with Crippen molar-refractivity contribution in [2.24, 2.45) is 0 Å². The van der Waals surface area contributed by atoms with Gasteiger partial charge in [0.25, 0.3) is 0 Å². The summed E-state index contributed by atoms with van der Waals surface area (Å²) in [6, 6.07) is 13.0. The first-order valence-corrected chi connectivity index (χ1v) is 10.4. The Bertz CT molecular complexity index is 1020. The number of nitrogens with zero attached hydrogens (tertiary/aromatic N) is 2. The fraction of sp³-hybridized carbons (Fsp3) is 0.333. The third-order valence-electron chi connectivity index (χ3n) is 5.56. The number of quaternary nitrogens is 1. The molecule has 1 aliphatic heterocycles. The summed E-state index contributed by atoms with van der Waals surface area (Å²) < 4.78 is 4.02. The molecule has 0 amide bonds. The highest BCUT2D eigenvalue weighted by molar-refractivity contribution is 6.42. The minimum absolute atomic E-state index is 0.0525. The number of nitrogen functional groups attached to an aromatic ring is 1. The molecule has 0 radical (unpaired) electrons. The number of rotatable bonds is 6. The predicted octanol–water partition coefficient (Wildman–Crippen LogP) is 2.38. The van der Waals surface area contributed by atoms with Crippen LogP contribution in [0, 0.1) is 0 Å². The molecule has 0 spiro atoms. The molecular formula is C21H24Cl2N4O+2. The lowest BCUT2D eigenvalue weighted by molar-refractivity contribution is -0.888. The van der Waals surface area contributed by atoms with Gasteiger partial charge in [-0.1, -0.05) is 35.3 Å². The summed E-state index contributed by atoms with van der Waals surface area (Å²) in [5.41, 5.74) is 9.04. The monoisotopic (exact) mass is 418 g/mol. The molecule has 146 valence electrons. The van der Waals surface area contributed by atoms with Gasteiger partial charge >= 0.3 is 5.95 Å². The fourth-order valence-corrected chi connectivity index (χ4v) is 4.31. The van der Waals surface area contributed by atoms with E-state index < -0.39 is 0 Å². The largest absolute Gasteiger partial charge is 0.356 e. The zero-order chi connectivity index (χ0) is 19.7. The third kappa shape index (κ3) is 3.75. The summed E-state index contributed by atoms with van der Waals surface area (Å²) in [5, 5.41) is 0.813. The van der Waals surface area contributed by atoms with Crippen LogP contribution in [0.4, 0.5) is 5.95 Å². The summed E-state index contributed by atoms with van der Waals surface area (Å²) in [6.07, 6.45) is 2.60. The normalized spacial score (nSPS) is 14.8. The van der Waals surface area contributed by atoms with Gasteiger partial charge in [0.05, 0.1) is 23.1 Å². The quantitative estimate of drug-likeness (QED) is 0.476. The smallest absolute Gasteiger partial charge is 0.332 e. The standard InChI is InChI=1S/C21H22Cl2N4O/c22-16-8-7-15(13-17(16)23)20(28)14-27-19-6-2-1-5-18(19)26(21(27)24)12-11-25-9-3-4-10-25/h1-2,5-8,13,24H,3-4,9-12,14H2/p+2. The van der Waals surface area contributed by atoms with E-state index in [-0.39, 0.29) is 12.3 Å². The SMILES string of the molecule is Nc1n(CC[NH+]2CCCC2)c2ccccc2[n+]1CC(=O)c1ccc(Cl)c(Cl)c1. The first-order chi connectivity index (χ1) is 13.5. The molecule has 0 unspecified atom stereocenters. The Labute approximate surface area is 174 Å². The van der Waals surface area contributed by atoms with Crippen molar-refractivity contribution in [1.29, 1.82) is 0 Å². The molecule has 1 aromatic heterocycles. The number of fused-ring (bicyclic) bond motifs is 1. The lowest BCUT2D eigenvalue weighted by Crippen LogP contribution is -3.10. The van der Waals surface area contributed by atoms with Gasteiger partial charge in [-0.15, -0.1) is 0 Å². The number of likely N-dealkylation sites (tertiary alicyclic amines) is 1. The fourth-order valence-electron chi connectivity index (χ4n) is 4.01. The number of hydrogen-bond donors (Lipinski definition) is 2. The molecule has 7 heteroatoms. The first kappa shape index (κ1) is 19.2. The summed E-state index contributed by atoms with van der Waals surface area (Å²) in [4.78, 5) is 14.5. The Balaban J connectivity index is 1.63. The lowest BCUT2D eigenvalue weighted by Gasteiger charge is -2.11. The second-order valence-electron chi connectivity index (χ2n) is 7.34. The van der Waals surface area contributed by atoms with Crippen molar-refractivity contribution < 1.29 is 14.3 Å². The number of para-hydroxylation sites is 2. The second kappa shape index (κ2) is 8.11. The van der Waals surface area contributed by atoms with Crippen LogP contribution >= 0.6 is 23.2 Å². The van der Waals surface area contributed by atoms with Crippen molar-refractivity contribution in [3.63, 3.8) is 0 Å². The van der Waals surface area contributed by atoms with Gasteiger partial charge in [-0.2, -0.15) is 0 Å². The highest BCUT2D eigenvalue weighted by Gasteiger charge is 2.25. The number of anilines is 1. The van der Waals surface area contributed by atoms with Crippen molar-refractivity contribution in [2.75, 3.05) is 25.4 Å². The molecule has 2 aromatic carbocycles. The van der Waals surface area contributed by atoms with Crippen LogP contribution in [0.1, 0.15) is 23.2 Å². The highest BCUT2D eigenvalue weighted by Crippen LogP contribution is 2.23. The molecule has 1 saturated heterocycles. The van der Waals surface area contributed by atoms with E-state index in [9.17, 15) is 4.79 Å². The molecule has 4 rings (SSSR count). The maximum Gasteiger partial charge on any atom is 0.356 e. The van der Waals surface area contributed by atoms with E-state index in [1.807, 2.05) is 22.8 Å². The minimum Gasteiger partial charge on any atom is -0.332 e. The molecule has 3 N–H and O–H groups in total. The molecule has 1 aliphatic rings. The van der Waals surface area contributed by atoms with E-state index in [0.29, 0.717) is 21.6 Å². The lowest BCUT2D eigenvalue weighted by atomic mass is 10.1. The third-order valence-corrected chi connectivity index (χ3v) is 6.30. The number of carbonyl (C=O) groups excluding carboxylic acids is 1. The van der Waals surface area contributed by atoms with Crippen LogP contribution in [-0.2, 0) is 13.1 Å². The van der Waals surface area contributed by atoms with Crippen molar-refractivity contribution in [2.45, 2.75) is 25.9 Å². The second-order valence-corrected chi connectivity index (χ2v) is 8.16. The summed E-state index contributed by atoms with van der Waals surface area (Å²) in [7, 11) is 0. The average molecular weight is 419 g/mol. The van der Waals surface area contributed by atoms with Crippen LogP contribution in [0.3, 0.4) is 0 Å². The Morgan fingerprint density at radius 2 is 1.86 bits per heavy atom. The molecule has 0 aliphatic carbocycles. The number of carbonyl (C=O) groups is 1. The van der Waals surface area contributed by atoms with Crippen molar-refractivity contribution in [1.82, 2.24) is 4.57 Å². The van der Waals surface area contributed by atoms with Gasteiger partial charge in [0, 0.05) is 18.4 Å². The number of benzene rings is 2. The van der Waals surface area contributed by atoms with Gasteiger partial charge in [0.1, 0.15) is 30.7 Å². The predicted molar refractivity (Wildman–Crippen MR) is 112 cm³/mol. The van der Waals surface area contributed by atoms with Gasteiger partial charge < -0.3 is 4.90 Å². The van der Waals surface area contributed by atoms with Gasteiger partial charge in [-0.05, 0) is 30.3 Å². The summed E-state index contributed by atoms with van der Waals surface area (Å²) in [5.74, 6) is 0.552. The average Bonchev–Trinajstić information content (AvgIpc) is 3.30. The maximum atomic E-state index is 12.9. The Kier molecular flexibility index (Phi) is 5.58. The van der Waals surface area contributed by atoms with Gasteiger partial charge in [-0.25, -0.2) is 9.13 Å². The van der Waals surface area contributed by atoms with E-state index >= 15 is 0 Å². The van der Waals surface area contributed by atoms with E-state index in [4.69, 9.17) is 28.9 Å².